The van der Waals surface area contributed by atoms with E-state index in [2.05, 4.69) is 16.1 Å². The lowest BCUT2D eigenvalue weighted by atomic mass is 9.98. The number of halogens is 2. The number of carbonyl (C=O) groups is 1. The Morgan fingerprint density at radius 3 is 2.72 bits per heavy atom. The van der Waals surface area contributed by atoms with Gasteiger partial charge in [-0.05, 0) is 56.5 Å². The summed E-state index contributed by atoms with van der Waals surface area (Å²) >= 11 is 12.9. The van der Waals surface area contributed by atoms with Gasteiger partial charge in [-0.3, -0.25) is 4.79 Å². The van der Waals surface area contributed by atoms with Gasteiger partial charge < -0.3 is 9.64 Å². The van der Waals surface area contributed by atoms with E-state index >= 15 is 0 Å². The number of benzene rings is 2. The molecule has 2 aromatic carbocycles. The highest BCUT2D eigenvalue weighted by Crippen LogP contribution is 2.36. The van der Waals surface area contributed by atoms with Crippen molar-refractivity contribution in [1.82, 2.24) is 24.6 Å². The number of rotatable bonds is 6. The van der Waals surface area contributed by atoms with Crippen LogP contribution < -0.4 is 4.74 Å². The van der Waals surface area contributed by atoms with Crippen LogP contribution in [-0.4, -0.2) is 42.5 Å². The third-order valence-electron chi connectivity index (χ3n) is 6.72. The molecule has 36 heavy (non-hydrogen) atoms. The lowest BCUT2D eigenvalue weighted by Crippen LogP contribution is -2.31. The van der Waals surface area contributed by atoms with E-state index in [1.54, 1.807) is 4.68 Å². The van der Waals surface area contributed by atoms with Crippen LogP contribution in [-0.2, 0) is 18.4 Å². The summed E-state index contributed by atoms with van der Waals surface area (Å²) in [7, 11) is 1.86. The number of hydrogen-bond donors (Lipinski definition) is 0. The molecule has 1 aliphatic heterocycles. The Balaban J connectivity index is 1.52. The van der Waals surface area contributed by atoms with Crippen molar-refractivity contribution in [2.45, 2.75) is 45.2 Å². The highest BCUT2D eigenvalue weighted by atomic mass is 35.5. The van der Waals surface area contributed by atoms with E-state index in [4.69, 9.17) is 32.9 Å². The number of likely N-dealkylation sites (tertiary alicyclic amines) is 1. The van der Waals surface area contributed by atoms with Gasteiger partial charge in [0.05, 0.1) is 6.04 Å². The maximum Gasteiger partial charge on any atom is 0.241 e. The Hall–Kier alpha value is -3.16. The third kappa shape index (κ3) is 4.42. The SMILES string of the molecule is Cc1cc(Cl)c(COc2cccc3c(-c4ncnn4C)cc(C)nc23)c([C@H](C)N2CC[C@H](Cl)C2=O)c1. The van der Waals surface area contributed by atoms with E-state index < -0.39 is 5.38 Å². The molecule has 0 saturated carbocycles. The van der Waals surface area contributed by atoms with Gasteiger partial charge in [0.25, 0.3) is 0 Å². The molecule has 0 aliphatic carbocycles. The molecule has 1 fully saturated rings. The zero-order chi connectivity index (χ0) is 25.6. The van der Waals surface area contributed by atoms with Gasteiger partial charge >= 0.3 is 0 Å². The highest BCUT2D eigenvalue weighted by Gasteiger charge is 2.34. The first-order chi connectivity index (χ1) is 17.2. The topological polar surface area (TPSA) is 73.1 Å². The Labute approximate surface area is 220 Å². The molecule has 0 unspecified atom stereocenters. The van der Waals surface area contributed by atoms with E-state index in [0.29, 0.717) is 23.7 Å². The highest BCUT2D eigenvalue weighted by molar-refractivity contribution is 6.32. The number of carbonyl (C=O) groups excluding carboxylic acids is 1. The Kier molecular flexibility index (Phi) is 6.62. The number of hydrogen-bond acceptors (Lipinski definition) is 5. The van der Waals surface area contributed by atoms with Crippen LogP contribution >= 0.6 is 23.2 Å². The van der Waals surface area contributed by atoms with Crippen molar-refractivity contribution in [3.63, 3.8) is 0 Å². The van der Waals surface area contributed by atoms with Crippen molar-refractivity contribution >= 4 is 40.0 Å². The largest absolute Gasteiger partial charge is 0.487 e. The molecule has 4 aromatic rings. The first-order valence-electron chi connectivity index (χ1n) is 11.9. The number of pyridine rings is 1. The first-order valence-corrected chi connectivity index (χ1v) is 12.7. The minimum Gasteiger partial charge on any atom is -0.487 e. The monoisotopic (exact) mass is 523 g/mol. The zero-order valence-corrected chi connectivity index (χ0v) is 22.1. The Morgan fingerprint density at radius 2 is 2.03 bits per heavy atom. The third-order valence-corrected chi connectivity index (χ3v) is 7.46. The molecule has 2 atom stereocenters. The van der Waals surface area contributed by atoms with Crippen LogP contribution in [0.5, 0.6) is 5.75 Å². The van der Waals surface area contributed by atoms with Gasteiger partial charge in [0.2, 0.25) is 5.91 Å². The normalized spacial score (nSPS) is 16.7. The summed E-state index contributed by atoms with van der Waals surface area (Å²) in [6, 6.07) is 11.7. The number of ether oxygens (including phenoxy) is 1. The minimum absolute atomic E-state index is 0.0429. The molecular weight excluding hydrogens is 497 g/mol. The number of amides is 1. The van der Waals surface area contributed by atoms with Gasteiger partial charge in [-0.15, -0.1) is 11.6 Å². The van der Waals surface area contributed by atoms with E-state index in [1.807, 2.05) is 63.1 Å². The second-order valence-electron chi connectivity index (χ2n) is 9.24. The van der Waals surface area contributed by atoms with Gasteiger partial charge in [0.15, 0.2) is 5.82 Å². The molecule has 0 radical (unpaired) electrons. The van der Waals surface area contributed by atoms with Crippen molar-refractivity contribution in [2.24, 2.45) is 7.05 Å². The van der Waals surface area contributed by atoms with E-state index in [-0.39, 0.29) is 18.6 Å². The average Bonchev–Trinajstić information content (AvgIpc) is 3.42. The molecule has 1 saturated heterocycles. The second kappa shape index (κ2) is 9.71. The Bertz CT molecular complexity index is 1470. The second-order valence-corrected chi connectivity index (χ2v) is 10.2. The van der Waals surface area contributed by atoms with Crippen molar-refractivity contribution in [3.05, 3.63) is 70.1 Å². The fourth-order valence-electron chi connectivity index (χ4n) is 4.88. The summed E-state index contributed by atoms with van der Waals surface area (Å²) in [5.74, 6) is 1.36. The van der Waals surface area contributed by atoms with Crippen molar-refractivity contribution < 1.29 is 9.53 Å². The van der Waals surface area contributed by atoms with E-state index in [0.717, 1.165) is 44.7 Å². The van der Waals surface area contributed by atoms with E-state index in [9.17, 15) is 4.79 Å². The number of fused-ring (bicyclic) bond motifs is 1. The summed E-state index contributed by atoms with van der Waals surface area (Å²) < 4.78 is 8.11. The molecule has 5 rings (SSSR count). The molecule has 186 valence electrons. The summed E-state index contributed by atoms with van der Waals surface area (Å²) in [6.07, 6.45) is 2.18. The molecule has 0 N–H and O–H groups in total. The van der Waals surface area contributed by atoms with Gasteiger partial charge in [-0.25, -0.2) is 14.6 Å². The summed E-state index contributed by atoms with van der Waals surface area (Å²) in [6.45, 7) is 6.81. The zero-order valence-electron chi connectivity index (χ0n) is 20.6. The quantitative estimate of drug-likeness (QED) is 0.299. The number of alkyl halides is 1. The fraction of sp³-hybridized carbons (Fsp3) is 0.333. The van der Waals surface area contributed by atoms with Crippen LogP contribution in [0.4, 0.5) is 0 Å². The van der Waals surface area contributed by atoms with Crippen molar-refractivity contribution in [3.8, 4) is 17.1 Å². The van der Waals surface area contributed by atoms with Crippen molar-refractivity contribution in [2.75, 3.05) is 6.54 Å². The van der Waals surface area contributed by atoms with Crippen LogP contribution in [0.25, 0.3) is 22.3 Å². The van der Waals surface area contributed by atoms with Crippen LogP contribution in [0.15, 0.2) is 42.7 Å². The summed E-state index contributed by atoms with van der Waals surface area (Å²) in [4.78, 5) is 23.6. The smallest absolute Gasteiger partial charge is 0.241 e. The number of aryl methyl sites for hydroxylation is 3. The lowest BCUT2D eigenvalue weighted by molar-refractivity contribution is -0.129. The molecule has 1 amide bonds. The van der Waals surface area contributed by atoms with Gasteiger partial charge in [0, 0.05) is 40.8 Å². The number of aromatic nitrogens is 4. The molecule has 0 bridgehead atoms. The minimum atomic E-state index is -0.472. The molecular formula is C27H27Cl2N5O2. The van der Waals surface area contributed by atoms with Crippen LogP contribution in [0.2, 0.25) is 5.02 Å². The molecule has 0 spiro atoms. The molecule has 7 nitrogen and oxygen atoms in total. The fourth-order valence-corrected chi connectivity index (χ4v) is 5.44. The average molecular weight is 524 g/mol. The lowest BCUT2D eigenvalue weighted by Gasteiger charge is -2.27. The predicted octanol–water partition coefficient (Wildman–Crippen LogP) is 5.78. The van der Waals surface area contributed by atoms with Gasteiger partial charge in [-0.2, -0.15) is 5.10 Å². The standard InChI is InChI=1S/C27H27Cl2N5O2/c1-15-10-19(17(3)34-9-8-22(28)27(34)35)21(23(29)11-15)13-36-24-7-5-6-18-20(12-16(2)32-25(18)24)26-30-14-31-33(26)4/h5-7,10-12,14,17,22H,8-9,13H2,1-4H3/t17-,22-/m0/s1. The Morgan fingerprint density at radius 1 is 1.22 bits per heavy atom. The summed E-state index contributed by atoms with van der Waals surface area (Å²) in [5.41, 5.74) is 5.36. The maximum absolute atomic E-state index is 12.6. The summed E-state index contributed by atoms with van der Waals surface area (Å²) in [5, 5.41) is 5.28. The molecule has 1 aliphatic rings. The van der Waals surface area contributed by atoms with Crippen LogP contribution in [0.1, 0.15) is 41.8 Å². The van der Waals surface area contributed by atoms with Gasteiger partial charge in [0.1, 0.15) is 29.6 Å². The van der Waals surface area contributed by atoms with Crippen molar-refractivity contribution in [1.29, 1.82) is 0 Å². The van der Waals surface area contributed by atoms with Crippen LogP contribution in [0.3, 0.4) is 0 Å². The maximum atomic E-state index is 12.6. The molecule has 9 heteroatoms. The first kappa shape index (κ1) is 24.5. The van der Waals surface area contributed by atoms with Gasteiger partial charge in [-0.1, -0.05) is 29.8 Å². The number of nitrogens with zero attached hydrogens (tertiary/aromatic N) is 5. The van der Waals surface area contributed by atoms with Crippen LogP contribution in [0, 0.1) is 13.8 Å². The number of para-hydroxylation sites is 1. The molecule has 3 heterocycles. The van der Waals surface area contributed by atoms with E-state index in [1.165, 1.54) is 6.33 Å². The molecule has 2 aromatic heterocycles. The predicted molar refractivity (Wildman–Crippen MR) is 141 cm³/mol.